The number of fused-ring (bicyclic) bond motifs is 1. The van der Waals surface area contributed by atoms with Gasteiger partial charge in [0, 0.05) is 37.4 Å². The number of unbranched alkanes of at least 4 members (excludes halogenated alkanes) is 2. The van der Waals surface area contributed by atoms with Crippen LogP contribution in [0.1, 0.15) is 57.3 Å². The molecule has 1 aromatic carbocycles. The second-order valence-corrected chi connectivity index (χ2v) is 8.82. The first-order chi connectivity index (χ1) is 16.6. The van der Waals surface area contributed by atoms with Gasteiger partial charge in [0.1, 0.15) is 17.4 Å². The number of rotatable bonds is 12. The molecule has 1 aliphatic heterocycles. The molecule has 2 aromatic heterocycles. The summed E-state index contributed by atoms with van der Waals surface area (Å²) in [6.45, 7) is 3.32. The van der Waals surface area contributed by atoms with E-state index in [1.54, 1.807) is 13.3 Å². The van der Waals surface area contributed by atoms with Crippen LogP contribution in [-0.2, 0) is 9.59 Å². The van der Waals surface area contributed by atoms with Crippen molar-refractivity contribution < 1.29 is 14.3 Å². The number of pyridine rings is 1. The van der Waals surface area contributed by atoms with Crippen LogP contribution in [0.5, 0.6) is 5.75 Å². The third-order valence-corrected chi connectivity index (χ3v) is 6.41. The molecule has 3 aromatic rings. The van der Waals surface area contributed by atoms with Crippen molar-refractivity contribution in [2.75, 3.05) is 20.2 Å². The molecule has 0 spiro atoms. The standard InChI is InChI=1S/C26H33N5O3/c1-3-18(32)9-5-4-6-12-21(31-26(33)17-14-27-15-17)25-28-16-23(30-25)22-13-24(34-2)19-10-7-8-11-20(19)29-22/h7-8,10-11,13,16-17,21,27H,3-6,9,12,14-15H2,1-2H3,(H,28,30)(H,31,33)/t21-/m0/s1. The van der Waals surface area contributed by atoms with Gasteiger partial charge in [0.2, 0.25) is 5.91 Å². The van der Waals surface area contributed by atoms with Crippen molar-refractivity contribution in [2.45, 2.75) is 51.5 Å². The van der Waals surface area contributed by atoms with Gasteiger partial charge in [0.25, 0.3) is 0 Å². The quantitative estimate of drug-likeness (QED) is 0.351. The summed E-state index contributed by atoms with van der Waals surface area (Å²) >= 11 is 0. The zero-order valence-corrected chi connectivity index (χ0v) is 19.9. The number of benzene rings is 1. The van der Waals surface area contributed by atoms with Gasteiger partial charge in [-0.3, -0.25) is 9.59 Å². The molecule has 0 aliphatic carbocycles. The Morgan fingerprint density at radius 3 is 2.76 bits per heavy atom. The van der Waals surface area contributed by atoms with Crippen LogP contribution >= 0.6 is 0 Å². The average molecular weight is 464 g/mol. The summed E-state index contributed by atoms with van der Waals surface area (Å²) in [6, 6.07) is 9.54. The SMILES string of the molecule is CCC(=O)CCCCC[C@H](NC(=O)C1CNC1)c1ncc(-c2cc(OC)c3ccccc3n2)[nH]1. The molecule has 1 fully saturated rings. The van der Waals surface area contributed by atoms with Gasteiger partial charge in [-0.2, -0.15) is 0 Å². The molecule has 0 radical (unpaired) electrons. The van der Waals surface area contributed by atoms with E-state index in [0.29, 0.717) is 37.5 Å². The number of H-pyrrole nitrogens is 1. The van der Waals surface area contributed by atoms with E-state index < -0.39 is 0 Å². The Kier molecular flexibility index (Phi) is 7.90. The van der Waals surface area contributed by atoms with Crippen LogP contribution < -0.4 is 15.4 Å². The highest BCUT2D eigenvalue weighted by molar-refractivity contribution is 5.87. The van der Waals surface area contributed by atoms with Crippen LogP contribution in [-0.4, -0.2) is 46.8 Å². The fraction of sp³-hybridized carbons (Fsp3) is 0.462. The van der Waals surface area contributed by atoms with Crippen LogP contribution in [0.25, 0.3) is 22.3 Å². The number of Topliss-reactive ketones (excluding diaryl/α,β-unsaturated/α-hetero) is 1. The zero-order valence-electron chi connectivity index (χ0n) is 19.9. The van der Waals surface area contributed by atoms with E-state index in [1.165, 1.54) is 0 Å². The highest BCUT2D eigenvalue weighted by Crippen LogP contribution is 2.30. The van der Waals surface area contributed by atoms with Crippen LogP contribution in [0.2, 0.25) is 0 Å². The number of nitrogens with one attached hydrogen (secondary N) is 3. The van der Waals surface area contributed by atoms with E-state index in [9.17, 15) is 9.59 Å². The number of methoxy groups -OCH3 is 1. The minimum Gasteiger partial charge on any atom is -0.496 e. The molecule has 0 saturated carbocycles. The normalized spacial score (nSPS) is 14.5. The summed E-state index contributed by atoms with van der Waals surface area (Å²) in [7, 11) is 1.65. The summed E-state index contributed by atoms with van der Waals surface area (Å²) in [5.74, 6) is 1.82. The lowest BCUT2D eigenvalue weighted by atomic mass is 10.0. The molecule has 180 valence electrons. The van der Waals surface area contributed by atoms with Crippen LogP contribution in [0.4, 0.5) is 0 Å². The smallest absolute Gasteiger partial charge is 0.226 e. The van der Waals surface area contributed by atoms with E-state index in [4.69, 9.17) is 9.72 Å². The minimum atomic E-state index is -0.217. The Hall–Kier alpha value is -3.26. The molecular formula is C26H33N5O3. The summed E-state index contributed by atoms with van der Waals surface area (Å²) in [5.41, 5.74) is 2.36. The van der Waals surface area contributed by atoms with Crippen molar-refractivity contribution in [3.8, 4) is 17.1 Å². The van der Waals surface area contributed by atoms with Crippen molar-refractivity contribution in [1.29, 1.82) is 0 Å². The number of para-hydroxylation sites is 1. The van der Waals surface area contributed by atoms with E-state index in [-0.39, 0.29) is 17.9 Å². The number of carbonyl (C=O) groups is 2. The fourth-order valence-corrected chi connectivity index (χ4v) is 4.16. The second-order valence-electron chi connectivity index (χ2n) is 8.82. The van der Waals surface area contributed by atoms with Gasteiger partial charge in [0.05, 0.1) is 42.2 Å². The number of hydrogen-bond acceptors (Lipinski definition) is 6. The maximum atomic E-state index is 12.7. The summed E-state index contributed by atoms with van der Waals surface area (Å²) in [6.07, 6.45) is 6.47. The van der Waals surface area contributed by atoms with Gasteiger partial charge in [0.15, 0.2) is 0 Å². The van der Waals surface area contributed by atoms with E-state index >= 15 is 0 Å². The number of ether oxygens (including phenoxy) is 1. The lowest BCUT2D eigenvalue weighted by Crippen LogP contribution is -2.51. The first-order valence-electron chi connectivity index (χ1n) is 12.1. The zero-order chi connectivity index (χ0) is 23.9. The molecule has 4 rings (SSSR count). The molecule has 1 atom stereocenters. The van der Waals surface area contributed by atoms with Gasteiger partial charge in [-0.25, -0.2) is 9.97 Å². The first kappa shape index (κ1) is 23.9. The lowest BCUT2D eigenvalue weighted by molar-refractivity contribution is -0.127. The van der Waals surface area contributed by atoms with Crippen molar-refractivity contribution in [1.82, 2.24) is 25.6 Å². The third kappa shape index (κ3) is 5.62. The molecule has 1 amide bonds. The number of amides is 1. The number of aromatic nitrogens is 3. The Bertz CT molecular complexity index is 1140. The van der Waals surface area contributed by atoms with Gasteiger partial charge in [-0.05, 0) is 25.0 Å². The highest BCUT2D eigenvalue weighted by atomic mass is 16.5. The molecule has 3 heterocycles. The Morgan fingerprint density at radius 2 is 2.03 bits per heavy atom. The fourth-order valence-electron chi connectivity index (χ4n) is 4.16. The van der Waals surface area contributed by atoms with Crippen molar-refractivity contribution in [2.24, 2.45) is 5.92 Å². The highest BCUT2D eigenvalue weighted by Gasteiger charge is 2.28. The van der Waals surface area contributed by atoms with Crippen LogP contribution in [0.3, 0.4) is 0 Å². The summed E-state index contributed by atoms with van der Waals surface area (Å²) in [5, 5.41) is 7.28. The number of nitrogens with zero attached hydrogens (tertiary/aromatic N) is 2. The largest absolute Gasteiger partial charge is 0.496 e. The number of aromatic amines is 1. The molecule has 3 N–H and O–H groups in total. The second kappa shape index (κ2) is 11.2. The number of hydrogen-bond donors (Lipinski definition) is 3. The average Bonchev–Trinajstić information content (AvgIpc) is 3.31. The predicted octanol–water partition coefficient (Wildman–Crippen LogP) is 3.94. The Labute approximate surface area is 199 Å². The molecule has 0 bridgehead atoms. The third-order valence-electron chi connectivity index (χ3n) is 6.41. The first-order valence-corrected chi connectivity index (χ1v) is 12.1. The molecule has 1 aliphatic rings. The maximum Gasteiger partial charge on any atom is 0.226 e. The molecular weight excluding hydrogens is 430 g/mol. The molecule has 8 nitrogen and oxygen atoms in total. The lowest BCUT2D eigenvalue weighted by Gasteiger charge is -2.28. The number of imidazole rings is 1. The van der Waals surface area contributed by atoms with Crippen molar-refractivity contribution in [3.05, 3.63) is 42.4 Å². The van der Waals surface area contributed by atoms with E-state index in [1.807, 2.05) is 37.3 Å². The predicted molar refractivity (Wildman–Crippen MR) is 132 cm³/mol. The van der Waals surface area contributed by atoms with Crippen LogP contribution in [0.15, 0.2) is 36.5 Å². The van der Waals surface area contributed by atoms with E-state index in [0.717, 1.165) is 53.7 Å². The molecule has 1 saturated heterocycles. The Morgan fingerprint density at radius 1 is 1.21 bits per heavy atom. The topological polar surface area (TPSA) is 109 Å². The number of carbonyl (C=O) groups excluding carboxylic acids is 2. The monoisotopic (exact) mass is 463 g/mol. The molecule has 8 heteroatoms. The van der Waals surface area contributed by atoms with Gasteiger partial charge in [-0.15, -0.1) is 0 Å². The van der Waals surface area contributed by atoms with Gasteiger partial charge < -0.3 is 20.4 Å². The summed E-state index contributed by atoms with van der Waals surface area (Å²) in [4.78, 5) is 37.0. The Balaban J connectivity index is 1.50. The van der Waals surface area contributed by atoms with E-state index in [2.05, 4.69) is 20.6 Å². The number of ketones is 1. The molecule has 0 unspecified atom stereocenters. The summed E-state index contributed by atoms with van der Waals surface area (Å²) < 4.78 is 5.58. The maximum absolute atomic E-state index is 12.7. The van der Waals surface area contributed by atoms with Crippen molar-refractivity contribution >= 4 is 22.6 Å². The van der Waals surface area contributed by atoms with Gasteiger partial charge >= 0.3 is 0 Å². The molecule has 34 heavy (non-hydrogen) atoms. The minimum absolute atomic E-state index is 0.00511. The van der Waals surface area contributed by atoms with Crippen molar-refractivity contribution in [3.63, 3.8) is 0 Å². The van der Waals surface area contributed by atoms with Gasteiger partial charge in [-0.1, -0.05) is 31.9 Å². The van der Waals surface area contributed by atoms with Crippen LogP contribution in [0, 0.1) is 5.92 Å².